The second-order valence-corrected chi connectivity index (χ2v) is 5.94. The maximum absolute atomic E-state index is 3.56. The van der Waals surface area contributed by atoms with E-state index in [4.69, 9.17) is 0 Å². The lowest BCUT2D eigenvalue weighted by molar-refractivity contribution is 0.113. The molecule has 0 aromatic carbocycles. The summed E-state index contributed by atoms with van der Waals surface area (Å²) in [6, 6.07) is 1.56. The Balaban J connectivity index is 2.33. The Morgan fingerprint density at radius 1 is 1.17 bits per heavy atom. The third-order valence-corrected chi connectivity index (χ3v) is 4.26. The molecular weight excluding hydrogens is 220 g/mol. The molecule has 1 rings (SSSR count). The summed E-state index contributed by atoms with van der Waals surface area (Å²) >= 11 is 0. The molecule has 0 amide bonds. The molecule has 1 aliphatic heterocycles. The summed E-state index contributed by atoms with van der Waals surface area (Å²) < 4.78 is 0. The molecule has 2 atom stereocenters. The molecule has 0 bridgehead atoms. The number of rotatable bonds is 9. The highest BCUT2D eigenvalue weighted by molar-refractivity contribution is 4.81. The van der Waals surface area contributed by atoms with Crippen LogP contribution in [-0.4, -0.2) is 36.6 Å². The van der Waals surface area contributed by atoms with Crippen molar-refractivity contribution in [3.05, 3.63) is 0 Å². The summed E-state index contributed by atoms with van der Waals surface area (Å²) in [6.45, 7) is 10.8. The van der Waals surface area contributed by atoms with Crippen LogP contribution in [0.5, 0.6) is 0 Å². The number of hydrogen-bond donors (Lipinski definition) is 1. The van der Waals surface area contributed by atoms with Gasteiger partial charge in [-0.25, -0.2) is 0 Å². The van der Waals surface area contributed by atoms with Gasteiger partial charge in [-0.2, -0.15) is 0 Å². The molecule has 1 N–H and O–H groups in total. The molecule has 2 nitrogen and oxygen atoms in total. The van der Waals surface area contributed by atoms with Crippen molar-refractivity contribution < 1.29 is 0 Å². The standard InChI is InChI=1S/C16H34N2/c1-4-6-7-8-10-15(3)18(13-5-2)16-11-9-12-17-14-16/h15-17H,4-14H2,1-3H3. The third kappa shape index (κ3) is 5.71. The molecule has 0 aromatic heterocycles. The number of nitrogens with one attached hydrogen (secondary N) is 1. The molecule has 0 radical (unpaired) electrons. The lowest BCUT2D eigenvalue weighted by Crippen LogP contribution is -2.49. The molecule has 1 heterocycles. The maximum atomic E-state index is 3.56. The Kier molecular flexibility index (Phi) is 8.70. The summed E-state index contributed by atoms with van der Waals surface area (Å²) in [7, 11) is 0. The van der Waals surface area contributed by atoms with E-state index in [0.29, 0.717) is 0 Å². The smallest absolute Gasteiger partial charge is 0.0223 e. The first-order valence-electron chi connectivity index (χ1n) is 8.26. The van der Waals surface area contributed by atoms with Crippen LogP contribution >= 0.6 is 0 Å². The van der Waals surface area contributed by atoms with Crippen molar-refractivity contribution >= 4 is 0 Å². The minimum atomic E-state index is 0.770. The molecule has 1 fully saturated rings. The van der Waals surface area contributed by atoms with Gasteiger partial charge in [0.25, 0.3) is 0 Å². The Morgan fingerprint density at radius 3 is 2.61 bits per heavy atom. The van der Waals surface area contributed by atoms with Crippen LogP contribution in [0.15, 0.2) is 0 Å². The fraction of sp³-hybridized carbons (Fsp3) is 1.00. The van der Waals surface area contributed by atoms with Gasteiger partial charge in [-0.05, 0) is 45.7 Å². The first-order valence-corrected chi connectivity index (χ1v) is 8.26. The predicted octanol–water partition coefficient (Wildman–Crippen LogP) is 3.81. The molecule has 2 unspecified atom stereocenters. The third-order valence-electron chi connectivity index (χ3n) is 4.26. The van der Waals surface area contributed by atoms with Crippen LogP contribution in [0.4, 0.5) is 0 Å². The average molecular weight is 254 g/mol. The van der Waals surface area contributed by atoms with Gasteiger partial charge in [0, 0.05) is 18.6 Å². The molecule has 0 spiro atoms. The highest BCUT2D eigenvalue weighted by atomic mass is 15.2. The first-order chi connectivity index (χ1) is 8.79. The summed E-state index contributed by atoms with van der Waals surface area (Å²) in [4.78, 5) is 2.78. The van der Waals surface area contributed by atoms with Gasteiger partial charge >= 0.3 is 0 Å². The Bertz CT molecular complexity index is 188. The van der Waals surface area contributed by atoms with E-state index in [-0.39, 0.29) is 0 Å². The molecule has 1 aliphatic rings. The van der Waals surface area contributed by atoms with Crippen molar-refractivity contribution in [2.24, 2.45) is 0 Å². The van der Waals surface area contributed by atoms with Crippen molar-refractivity contribution in [3.63, 3.8) is 0 Å². The van der Waals surface area contributed by atoms with Gasteiger partial charge in [-0.3, -0.25) is 4.90 Å². The summed E-state index contributed by atoms with van der Waals surface area (Å²) in [5.74, 6) is 0. The first kappa shape index (κ1) is 16.0. The zero-order valence-electron chi connectivity index (χ0n) is 12.9. The summed E-state index contributed by atoms with van der Waals surface area (Å²) in [5.41, 5.74) is 0. The number of nitrogens with zero attached hydrogens (tertiary/aromatic N) is 1. The molecule has 0 aliphatic carbocycles. The van der Waals surface area contributed by atoms with Crippen molar-refractivity contribution in [1.29, 1.82) is 0 Å². The SMILES string of the molecule is CCCCCCC(C)N(CCC)C1CCCNC1. The van der Waals surface area contributed by atoms with Crippen LogP contribution < -0.4 is 5.32 Å². The fourth-order valence-corrected chi connectivity index (χ4v) is 3.17. The zero-order valence-corrected chi connectivity index (χ0v) is 12.9. The molecule has 18 heavy (non-hydrogen) atoms. The Hall–Kier alpha value is -0.0800. The van der Waals surface area contributed by atoms with Gasteiger partial charge in [-0.1, -0.05) is 39.5 Å². The van der Waals surface area contributed by atoms with Crippen LogP contribution in [0, 0.1) is 0 Å². The number of hydrogen-bond acceptors (Lipinski definition) is 2. The van der Waals surface area contributed by atoms with Gasteiger partial charge in [0.05, 0.1) is 0 Å². The maximum Gasteiger partial charge on any atom is 0.0223 e. The van der Waals surface area contributed by atoms with Gasteiger partial charge in [0.1, 0.15) is 0 Å². The van der Waals surface area contributed by atoms with Crippen LogP contribution in [0.3, 0.4) is 0 Å². The Morgan fingerprint density at radius 2 is 2.00 bits per heavy atom. The van der Waals surface area contributed by atoms with Crippen LogP contribution in [0.2, 0.25) is 0 Å². The molecular formula is C16H34N2. The second kappa shape index (κ2) is 9.80. The van der Waals surface area contributed by atoms with Crippen LogP contribution in [0.25, 0.3) is 0 Å². The fourth-order valence-electron chi connectivity index (χ4n) is 3.17. The largest absolute Gasteiger partial charge is 0.315 e. The second-order valence-electron chi connectivity index (χ2n) is 5.94. The van der Waals surface area contributed by atoms with Crippen LogP contribution in [-0.2, 0) is 0 Å². The van der Waals surface area contributed by atoms with Crippen molar-refractivity contribution in [1.82, 2.24) is 10.2 Å². The normalized spacial score (nSPS) is 22.3. The van der Waals surface area contributed by atoms with Gasteiger partial charge < -0.3 is 5.32 Å². The van der Waals surface area contributed by atoms with Crippen LogP contribution in [0.1, 0.15) is 72.1 Å². The lowest BCUT2D eigenvalue weighted by atomic mass is 10.0. The van der Waals surface area contributed by atoms with E-state index in [2.05, 4.69) is 31.0 Å². The summed E-state index contributed by atoms with van der Waals surface area (Å²) in [5, 5.41) is 3.56. The van der Waals surface area contributed by atoms with E-state index in [1.165, 1.54) is 71.0 Å². The molecule has 2 heteroatoms. The Labute approximate surface area is 115 Å². The molecule has 0 saturated carbocycles. The van der Waals surface area contributed by atoms with E-state index >= 15 is 0 Å². The van der Waals surface area contributed by atoms with E-state index in [9.17, 15) is 0 Å². The summed E-state index contributed by atoms with van der Waals surface area (Å²) in [6.07, 6.45) is 11.0. The average Bonchev–Trinajstić information content (AvgIpc) is 2.41. The van der Waals surface area contributed by atoms with E-state index in [1.54, 1.807) is 0 Å². The predicted molar refractivity (Wildman–Crippen MR) is 81.1 cm³/mol. The van der Waals surface area contributed by atoms with Crippen molar-refractivity contribution in [2.45, 2.75) is 84.2 Å². The van der Waals surface area contributed by atoms with Gasteiger partial charge in [0.2, 0.25) is 0 Å². The minimum Gasteiger partial charge on any atom is -0.315 e. The highest BCUT2D eigenvalue weighted by Crippen LogP contribution is 2.18. The van der Waals surface area contributed by atoms with E-state index < -0.39 is 0 Å². The van der Waals surface area contributed by atoms with Crippen molar-refractivity contribution in [3.8, 4) is 0 Å². The van der Waals surface area contributed by atoms with E-state index in [1.807, 2.05) is 0 Å². The topological polar surface area (TPSA) is 15.3 Å². The quantitative estimate of drug-likeness (QED) is 0.629. The van der Waals surface area contributed by atoms with E-state index in [0.717, 1.165) is 12.1 Å². The number of piperidine rings is 1. The number of unbranched alkanes of at least 4 members (excludes halogenated alkanes) is 3. The highest BCUT2D eigenvalue weighted by Gasteiger charge is 2.23. The molecule has 108 valence electrons. The molecule has 0 aromatic rings. The van der Waals surface area contributed by atoms with Crippen molar-refractivity contribution in [2.75, 3.05) is 19.6 Å². The van der Waals surface area contributed by atoms with Gasteiger partial charge in [-0.15, -0.1) is 0 Å². The monoisotopic (exact) mass is 254 g/mol. The minimum absolute atomic E-state index is 0.770. The lowest BCUT2D eigenvalue weighted by Gasteiger charge is -2.39. The zero-order chi connectivity index (χ0) is 13.2. The van der Waals surface area contributed by atoms with Gasteiger partial charge in [0.15, 0.2) is 0 Å². The molecule has 1 saturated heterocycles.